The van der Waals surface area contributed by atoms with Gasteiger partial charge >= 0.3 is 11.9 Å². The highest BCUT2D eigenvalue weighted by Gasteiger charge is 2.40. The molecule has 3 amide bonds. The first-order valence-electron chi connectivity index (χ1n) is 3.64. The van der Waals surface area contributed by atoms with E-state index >= 15 is 0 Å². The molecule has 2 heterocycles. The number of quaternary nitrogens is 1. The van der Waals surface area contributed by atoms with Gasteiger partial charge in [-0.1, -0.05) is 0 Å². The van der Waals surface area contributed by atoms with Crippen LogP contribution in [-0.2, 0) is 25.6 Å². The van der Waals surface area contributed by atoms with Crippen LogP contribution < -0.4 is 4.31 Å². The zero-order valence-corrected chi connectivity index (χ0v) is 8.68. The summed E-state index contributed by atoms with van der Waals surface area (Å²) in [7, 11) is 1.31. The van der Waals surface area contributed by atoms with Crippen molar-refractivity contribution < 1.29 is 13.5 Å². The number of carbonyl (C=O) groups excluding carboxylic acids is 2. The maximum atomic E-state index is 11.7. The molecule has 8 heteroatoms. The number of H-pyrrole nitrogens is 1. The largest absolute Gasteiger partial charge is 0.651 e. The lowest BCUT2D eigenvalue weighted by Gasteiger charge is -2.43. The van der Waals surface area contributed by atoms with Gasteiger partial charge in [0.15, 0.2) is 11.5 Å². The van der Waals surface area contributed by atoms with E-state index in [0.29, 0.717) is 0 Å². The van der Waals surface area contributed by atoms with Crippen LogP contribution in [0.25, 0.3) is 0 Å². The molecule has 1 N–H and O–H groups in total. The Balaban J connectivity index is 2.65. The fraction of sp³-hybridized carbons (Fsp3) is 0.167. The number of hydrogen-bond acceptors (Lipinski definition) is 5. The third kappa shape index (κ3) is 1.01. The van der Waals surface area contributed by atoms with Crippen molar-refractivity contribution in [1.82, 2.24) is 9.97 Å². The second-order valence-corrected chi connectivity index (χ2v) is 4.00. The van der Waals surface area contributed by atoms with Crippen LogP contribution >= 0.6 is 0 Å². The summed E-state index contributed by atoms with van der Waals surface area (Å²) in [6.07, 6.45) is 1.30. The number of imidazole rings is 1. The van der Waals surface area contributed by atoms with Gasteiger partial charge in [-0.05, 0) is 0 Å². The number of carbonyl (C=O) groups is 2. The second-order valence-electron chi connectivity index (χ2n) is 2.91. The number of hydrogen-bond donors (Lipinski definition) is 1. The molecule has 0 radical (unpaired) electrons. The summed E-state index contributed by atoms with van der Waals surface area (Å²) < 4.78 is 0.0267. The summed E-state index contributed by atoms with van der Waals surface area (Å²) >= 11 is 9.63. The molecule has 1 aliphatic heterocycles. The molecule has 0 aliphatic carbocycles. The van der Waals surface area contributed by atoms with Gasteiger partial charge in [-0.15, -0.1) is 0 Å². The standard InChI is InChI=1S/C6H5N4O2S2/c1-10(14)5(11)3-4(8-2-7-3)9(13)6(10)12/h2H,1H3,(H,7,8)/q-1. The molecule has 1 atom stereocenters. The summed E-state index contributed by atoms with van der Waals surface area (Å²) in [5.41, 5.74) is 0.178. The molecule has 74 valence electrons. The molecule has 14 heavy (non-hydrogen) atoms. The number of aromatic nitrogens is 2. The topological polar surface area (TPSA) is 66.1 Å². The van der Waals surface area contributed by atoms with Crippen LogP contribution in [0.5, 0.6) is 0 Å². The van der Waals surface area contributed by atoms with Crippen molar-refractivity contribution in [3.8, 4) is 0 Å². The highest BCUT2D eigenvalue weighted by Crippen LogP contribution is 2.27. The van der Waals surface area contributed by atoms with Crippen molar-refractivity contribution in [2.75, 3.05) is 11.4 Å². The number of aromatic amines is 1. The van der Waals surface area contributed by atoms with Crippen molar-refractivity contribution in [2.24, 2.45) is 0 Å². The quantitative estimate of drug-likeness (QED) is 0.495. The van der Waals surface area contributed by atoms with E-state index < -0.39 is 15.8 Å². The number of fused-ring (bicyclic) bond motifs is 1. The highest BCUT2D eigenvalue weighted by atomic mass is 32.1. The molecule has 6 nitrogen and oxygen atoms in total. The molecule has 0 fully saturated rings. The predicted molar refractivity (Wildman–Crippen MR) is 51.7 cm³/mol. The van der Waals surface area contributed by atoms with Crippen molar-refractivity contribution >= 4 is 43.4 Å². The van der Waals surface area contributed by atoms with Gasteiger partial charge in [0.05, 0.1) is 13.4 Å². The van der Waals surface area contributed by atoms with E-state index in [1.165, 1.54) is 13.4 Å². The SMILES string of the molecule is C[N+]1([S-])C(=O)c2[nH]cnc2N([S-])C1=O. The lowest BCUT2D eigenvalue weighted by Crippen LogP contribution is -2.58. The molecular formula is C6H5N4O2S2-. The van der Waals surface area contributed by atoms with E-state index in [1.807, 2.05) is 0 Å². The van der Waals surface area contributed by atoms with Gasteiger partial charge in [0.25, 0.3) is 0 Å². The summed E-state index contributed by atoms with van der Waals surface area (Å²) in [5, 5.41) is 0. The van der Waals surface area contributed by atoms with Gasteiger partial charge in [0.1, 0.15) is 0 Å². The minimum absolute atomic E-state index is 0.149. The van der Waals surface area contributed by atoms with Gasteiger partial charge in [-0.3, -0.25) is 3.89 Å². The number of urea groups is 1. The zero-order valence-electron chi connectivity index (χ0n) is 7.05. The maximum absolute atomic E-state index is 11.7. The number of amides is 3. The van der Waals surface area contributed by atoms with Crippen LogP contribution in [-0.4, -0.2) is 32.8 Å². The number of nitrogens with zero attached hydrogens (tertiary/aromatic N) is 3. The molecular weight excluding hydrogens is 224 g/mol. The monoisotopic (exact) mass is 229 g/mol. The van der Waals surface area contributed by atoms with E-state index in [4.69, 9.17) is 25.6 Å². The predicted octanol–water partition coefficient (Wildman–Crippen LogP) is -0.140. The van der Waals surface area contributed by atoms with Gasteiger partial charge in [-0.25, -0.2) is 14.6 Å². The Kier molecular flexibility index (Phi) is 1.88. The molecule has 0 aromatic carbocycles. The highest BCUT2D eigenvalue weighted by molar-refractivity contribution is 7.62. The third-order valence-corrected chi connectivity index (χ3v) is 2.60. The van der Waals surface area contributed by atoms with Crippen molar-refractivity contribution in [3.05, 3.63) is 12.0 Å². The Morgan fingerprint density at radius 1 is 1.57 bits per heavy atom. The van der Waals surface area contributed by atoms with Gasteiger partial charge < -0.3 is 34.9 Å². The first kappa shape index (κ1) is 9.56. The van der Waals surface area contributed by atoms with E-state index in [-0.39, 0.29) is 11.5 Å². The van der Waals surface area contributed by atoms with Gasteiger partial charge in [0, 0.05) is 0 Å². The summed E-state index contributed by atoms with van der Waals surface area (Å²) in [5.74, 6) is -0.367. The molecule has 0 saturated heterocycles. The minimum atomic E-state index is -0.835. The maximum Gasteiger partial charge on any atom is 0.392 e. The average molecular weight is 229 g/mol. The molecule has 2 rings (SSSR count). The minimum Gasteiger partial charge on any atom is -0.651 e. The van der Waals surface area contributed by atoms with E-state index in [2.05, 4.69) is 9.97 Å². The molecule has 1 aromatic rings. The summed E-state index contributed by atoms with van der Waals surface area (Å²) in [4.78, 5) is 29.6. The fourth-order valence-corrected chi connectivity index (χ4v) is 1.69. The van der Waals surface area contributed by atoms with E-state index in [9.17, 15) is 9.59 Å². The molecule has 1 aliphatic rings. The van der Waals surface area contributed by atoms with Gasteiger partial charge in [-0.2, -0.15) is 0 Å². The Hall–Kier alpha value is -0.990. The molecule has 1 unspecified atom stereocenters. The number of anilines is 1. The second kappa shape index (κ2) is 2.75. The van der Waals surface area contributed by atoms with E-state index in [1.54, 1.807) is 0 Å². The zero-order chi connectivity index (χ0) is 10.5. The van der Waals surface area contributed by atoms with E-state index in [0.717, 1.165) is 4.31 Å². The third-order valence-electron chi connectivity index (χ3n) is 1.95. The number of imide groups is 1. The molecule has 0 bridgehead atoms. The number of nitrogens with one attached hydrogen (secondary N) is 1. The summed E-state index contributed by atoms with van der Waals surface area (Å²) in [6.45, 7) is 0. The Bertz CT molecular complexity index is 427. The Morgan fingerprint density at radius 3 is 2.86 bits per heavy atom. The van der Waals surface area contributed by atoms with Crippen LogP contribution in [0.4, 0.5) is 10.6 Å². The van der Waals surface area contributed by atoms with Gasteiger partial charge in [0.2, 0.25) is 0 Å². The van der Waals surface area contributed by atoms with Crippen molar-refractivity contribution in [2.45, 2.75) is 0 Å². The Labute approximate surface area is 90.6 Å². The van der Waals surface area contributed by atoms with Crippen molar-refractivity contribution in [3.63, 3.8) is 0 Å². The van der Waals surface area contributed by atoms with Crippen LogP contribution in [0.3, 0.4) is 0 Å². The average Bonchev–Trinajstić information content (AvgIpc) is 2.60. The smallest absolute Gasteiger partial charge is 0.392 e. The van der Waals surface area contributed by atoms with Crippen LogP contribution in [0, 0.1) is 0 Å². The first-order valence-corrected chi connectivity index (χ1v) is 4.37. The molecule has 0 spiro atoms. The van der Waals surface area contributed by atoms with Crippen LogP contribution in [0.2, 0.25) is 0 Å². The van der Waals surface area contributed by atoms with Crippen LogP contribution in [0.1, 0.15) is 10.5 Å². The lowest BCUT2D eigenvalue weighted by molar-refractivity contribution is -0.588. The molecule has 0 saturated carbocycles. The lowest BCUT2D eigenvalue weighted by atomic mass is 10.3. The van der Waals surface area contributed by atoms with Crippen LogP contribution in [0.15, 0.2) is 6.33 Å². The first-order chi connectivity index (χ1) is 6.46. The normalized spacial score (nSPS) is 26.6. The Morgan fingerprint density at radius 2 is 2.21 bits per heavy atom. The molecule has 1 aromatic heterocycles. The van der Waals surface area contributed by atoms with Crippen molar-refractivity contribution in [1.29, 1.82) is 0 Å². The summed E-state index contributed by atoms with van der Waals surface area (Å²) in [6, 6.07) is -0.653. The number of rotatable bonds is 0. The fourth-order valence-electron chi connectivity index (χ4n) is 1.16.